The second-order valence-corrected chi connectivity index (χ2v) is 6.54. The fourth-order valence-corrected chi connectivity index (χ4v) is 2.76. The zero-order valence-electron chi connectivity index (χ0n) is 14.6. The van der Waals surface area contributed by atoms with Gasteiger partial charge in [-0.3, -0.25) is 0 Å². The van der Waals surface area contributed by atoms with E-state index >= 15 is 0 Å². The average Bonchev–Trinajstić information content (AvgIpc) is 2.54. The number of rotatable bonds is 16. The molecule has 0 radical (unpaired) electrons. The van der Waals surface area contributed by atoms with Crippen molar-refractivity contribution in [1.29, 1.82) is 0 Å². The van der Waals surface area contributed by atoms with Gasteiger partial charge >= 0.3 is 0 Å². The van der Waals surface area contributed by atoms with Gasteiger partial charge in [0, 0.05) is 6.54 Å². The third-order valence-electron chi connectivity index (χ3n) is 4.38. The van der Waals surface area contributed by atoms with E-state index in [-0.39, 0.29) is 6.54 Å². The second-order valence-electron chi connectivity index (χ2n) is 6.54. The van der Waals surface area contributed by atoms with Gasteiger partial charge in [0.15, 0.2) is 0 Å². The fraction of sp³-hybridized carbons (Fsp3) is 1.00. The number of unbranched alkanes of at least 4 members (excludes halogenated alkanes) is 11. The molecule has 4 nitrogen and oxygen atoms in total. The van der Waals surface area contributed by atoms with E-state index in [2.05, 4.69) is 6.92 Å². The molecule has 0 fully saturated rings. The van der Waals surface area contributed by atoms with Crippen LogP contribution in [-0.4, -0.2) is 40.2 Å². The Hall–Kier alpha value is -0.160. The average molecular weight is 318 g/mol. The van der Waals surface area contributed by atoms with E-state index in [1.54, 1.807) is 0 Å². The van der Waals surface area contributed by atoms with Gasteiger partial charge in [0.05, 0.1) is 12.2 Å². The zero-order valence-corrected chi connectivity index (χ0v) is 14.6. The Bertz CT molecular complexity index is 226. The Morgan fingerprint density at radius 2 is 1.05 bits per heavy atom. The first-order valence-corrected chi connectivity index (χ1v) is 9.37. The minimum absolute atomic E-state index is 0.0172. The molecule has 134 valence electrons. The molecule has 0 aromatic heterocycles. The minimum Gasteiger partial charge on any atom is -0.390 e. The lowest BCUT2D eigenvalue weighted by Crippen LogP contribution is -2.41. The van der Waals surface area contributed by atoms with E-state index in [9.17, 15) is 15.3 Å². The van der Waals surface area contributed by atoms with Crippen molar-refractivity contribution in [3.05, 3.63) is 0 Å². The van der Waals surface area contributed by atoms with Gasteiger partial charge in [-0.15, -0.1) is 0 Å². The smallest absolute Gasteiger partial charge is 0.107 e. The van der Waals surface area contributed by atoms with Crippen LogP contribution >= 0.6 is 0 Å². The Balaban J connectivity index is 3.26. The van der Waals surface area contributed by atoms with Crippen molar-refractivity contribution in [2.45, 2.75) is 109 Å². The highest BCUT2D eigenvalue weighted by atomic mass is 16.4. The lowest BCUT2D eigenvalue weighted by molar-refractivity contribution is -0.0583. The molecule has 0 unspecified atom stereocenters. The van der Waals surface area contributed by atoms with Crippen LogP contribution in [0.4, 0.5) is 0 Å². The topological polar surface area (TPSA) is 86.7 Å². The van der Waals surface area contributed by atoms with Gasteiger partial charge in [-0.25, -0.2) is 0 Å². The summed E-state index contributed by atoms with van der Waals surface area (Å²) in [4.78, 5) is 0. The summed E-state index contributed by atoms with van der Waals surface area (Å²) in [6, 6.07) is 0. The molecule has 0 saturated carbocycles. The Kier molecular flexibility index (Phi) is 15.6. The number of hydrogen-bond acceptors (Lipinski definition) is 4. The molecule has 0 rings (SSSR count). The molecule has 0 saturated heterocycles. The van der Waals surface area contributed by atoms with Crippen LogP contribution in [-0.2, 0) is 0 Å². The minimum atomic E-state index is -1.11. The first-order valence-electron chi connectivity index (χ1n) is 9.37. The van der Waals surface area contributed by atoms with Gasteiger partial charge < -0.3 is 21.1 Å². The molecule has 0 aliphatic heterocycles. The molecule has 0 heterocycles. The molecule has 22 heavy (non-hydrogen) atoms. The van der Waals surface area contributed by atoms with Crippen LogP contribution in [0.3, 0.4) is 0 Å². The maximum atomic E-state index is 9.72. The quantitative estimate of drug-likeness (QED) is 0.329. The molecule has 0 bridgehead atoms. The van der Waals surface area contributed by atoms with Crippen LogP contribution in [0.15, 0.2) is 0 Å². The van der Waals surface area contributed by atoms with E-state index in [0.29, 0.717) is 6.42 Å². The highest BCUT2D eigenvalue weighted by Gasteiger charge is 2.22. The van der Waals surface area contributed by atoms with E-state index in [1.165, 1.54) is 64.2 Å². The lowest BCUT2D eigenvalue weighted by Gasteiger charge is -2.21. The Labute approximate surface area is 137 Å². The molecule has 0 aliphatic rings. The molecule has 0 aromatic rings. The zero-order chi connectivity index (χ0) is 16.6. The third-order valence-corrected chi connectivity index (χ3v) is 4.38. The van der Waals surface area contributed by atoms with Crippen molar-refractivity contribution < 1.29 is 15.3 Å². The number of aliphatic hydroxyl groups excluding tert-OH is 3. The van der Waals surface area contributed by atoms with Crippen LogP contribution in [0.5, 0.6) is 0 Å². The lowest BCUT2D eigenvalue weighted by atomic mass is 10.0. The van der Waals surface area contributed by atoms with E-state index in [4.69, 9.17) is 5.73 Å². The van der Waals surface area contributed by atoms with E-state index in [1.807, 2.05) is 0 Å². The molecular weight excluding hydrogens is 278 g/mol. The normalized spacial score (nSPS) is 15.7. The molecule has 0 spiro atoms. The predicted molar refractivity (Wildman–Crippen MR) is 92.8 cm³/mol. The predicted octanol–water partition coefficient (Wildman–Crippen LogP) is 3.12. The summed E-state index contributed by atoms with van der Waals surface area (Å²) in [5.74, 6) is 0. The Morgan fingerprint density at radius 1 is 0.636 bits per heavy atom. The SMILES string of the molecule is CCCCCCCCCCCCCC[C@@H](O)[C@@H](O)[C@@H](O)CN. The van der Waals surface area contributed by atoms with Gasteiger partial charge in [-0.1, -0.05) is 84.0 Å². The molecular formula is C18H39NO3. The van der Waals surface area contributed by atoms with Gasteiger partial charge in [0.1, 0.15) is 6.10 Å². The van der Waals surface area contributed by atoms with E-state index in [0.717, 1.165) is 12.8 Å². The van der Waals surface area contributed by atoms with Gasteiger partial charge in [-0.05, 0) is 6.42 Å². The van der Waals surface area contributed by atoms with Gasteiger partial charge in [0.25, 0.3) is 0 Å². The van der Waals surface area contributed by atoms with Crippen molar-refractivity contribution in [3.8, 4) is 0 Å². The maximum absolute atomic E-state index is 9.72. The molecule has 4 heteroatoms. The summed E-state index contributed by atoms with van der Waals surface area (Å²) >= 11 is 0. The fourth-order valence-electron chi connectivity index (χ4n) is 2.76. The summed E-state index contributed by atoms with van der Waals surface area (Å²) < 4.78 is 0. The summed E-state index contributed by atoms with van der Waals surface area (Å²) in [6.45, 7) is 2.23. The van der Waals surface area contributed by atoms with Crippen LogP contribution in [0.25, 0.3) is 0 Å². The number of aliphatic hydroxyl groups is 3. The molecule has 0 aromatic carbocycles. The van der Waals surface area contributed by atoms with Crippen LogP contribution in [0.1, 0.15) is 90.4 Å². The second kappa shape index (κ2) is 15.7. The summed E-state index contributed by atoms with van der Waals surface area (Å²) in [5.41, 5.74) is 5.26. The maximum Gasteiger partial charge on any atom is 0.107 e. The van der Waals surface area contributed by atoms with Crippen molar-refractivity contribution in [1.82, 2.24) is 0 Å². The highest BCUT2D eigenvalue weighted by molar-refractivity contribution is 4.75. The van der Waals surface area contributed by atoms with Crippen LogP contribution in [0.2, 0.25) is 0 Å². The molecule has 5 N–H and O–H groups in total. The summed E-state index contributed by atoms with van der Waals surface area (Å²) in [7, 11) is 0. The third kappa shape index (κ3) is 12.4. The monoisotopic (exact) mass is 317 g/mol. The molecule has 0 amide bonds. The van der Waals surface area contributed by atoms with Crippen LogP contribution < -0.4 is 5.73 Å². The van der Waals surface area contributed by atoms with E-state index < -0.39 is 18.3 Å². The van der Waals surface area contributed by atoms with Crippen LogP contribution in [0, 0.1) is 0 Å². The first-order chi connectivity index (χ1) is 10.6. The van der Waals surface area contributed by atoms with Gasteiger partial charge in [-0.2, -0.15) is 0 Å². The number of hydrogen-bond donors (Lipinski definition) is 4. The summed E-state index contributed by atoms with van der Waals surface area (Å²) in [6.07, 6.45) is 12.9. The summed E-state index contributed by atoms with van der Waals surface area (Å²) in [5, 5.41) is 28.7. The highest BCUT2D eigenvalue weighted by Crippen LogP contribution is 2.14. The Morgan fingerprint density at radius 3 is 1.45 bits per heavy atom. The standard InChI is InChI=1S/C18H39NO3/c1-2-3-4-5-6-7-8-9-10-11-12-13-14-16(20)18(22)17(21)15-19/h16-18,20-22H,2-15,19H2,1H3/t16-,17+,18-/m1/s1. The van der Waals surface area contributed by atoms with Gasteiger partial charge in [0.2, 0.25) is 0 Å². The van der Waals surface area contributed by atoms with Crippen molar-refractivity contribution >= 4 is 0 Å². The number of nitrogens with two attached hydrogens (primary N) is 1. The van der Waals surface area contributed by atoms with Crippen molar-refractivity contribution in [2.24, 2.45) is 5.73 Å². The molecule has 0 aliphatic carbocycles. The molecule has 3 atom stereocenters. The first kappa shape index (κ1) is 21.8. The van der Waals surface area contributed by atoms with Crippen molar-refractivity contribution in [3.63, 3.8) is 0 Å². The van der Waals surface area contributed by atoms with Crippen molar-refractivity contribution in [2.75, 3.05) is 6.54 Å². The largest absolute Gasteiger partial charge is 0.390 e.